The Morgan fingerprint density at radius 1 is 1.38 bits per heavy atom. The quantitative estimate of drug-likeness (QED) is 0.741. The highest BCUT2D eigenvalue weighted by molar-refractivity contribution is 7.90. The molecule has 0 saturated carbocycles. The van der Waals surface area contributed by atoms with Crippen LogP contribution in [0.3, 0.4) is 0 Å². The van der Waals surface area contributed by atoms with E-state index in [4.69, 9.17) is 5.11 Å². The molecule has 0 aromatic carbocycles. The van der Waals surface area contributed by atoms with E-state index in [1.165, 1.54) is 0 Å². The molecule has 1 aromatic rings. The van der Waals surface area contributed by atoms with Crippen molar-refractivity contribution in [1.82, 2.24) is 9.97 Å². The Bertz CT molecular complexity index is 565. The molecule has 0 radical (unpaired) electrons. The molecule has 0 spiro atoms. The third-order valence-corrected chi connectivity index (χ3v) is 4.06. The van der Waals surface area contributed by atoms with Gasteiger partial charge >= 0.3 is 5.97 Å². The van der Waals surface area contributed by atoms with Crippen molar-refractivity contribution in [2.75, 3.05) is 5.75 Å². The molecular formula is C9H10N2O4S. The Labute approximate surface area is 92.3 Å². The normalized spacial score (nSPS) is 17.8. The van der Waals surface area contributed by atoms with E-state index >= 15 is 0 Å². The molecule has 1 N–H and O–H groups in total. The van der Waals surface area contributed by atoms with Crippen molar-refractivity contribution in [3.63, 3.8) is 0 Å². The van der Waals surface area contributed by atoms with Crippen LogP contribution in [0.5, 0.6) is 0 Å². The van der Waals surface area contributed by atoms with E-state index in [1.807, 2.05) is 0 Å². The summed E-state index contributed by atoms with van der Waals surface area (Å²) in [5, 5.41) is 8.77. The van der Waals surface area contributed by atoms with Gasteiger partial charge in [0.15, 0.2) is 9.84 Å². The number of nitrogens with zero attached hydrogens (tertiary/aromatic N) is 2. The Hall–Kier alpha value is -1.50. The minimum atomic E-state index is -3.08. The molecule has 0 aliphatic carbocycles. The second-order valence-corrected chi connectivity index (χ2v) is 5.89. The fraction of sp³-hybridized carbons (Fsp3) is 0.444. The smallest absolute Gasteiger partial charge is 0.373 e. The molecule has 7 heteroatoms. The Morgan fingerprint density at radius 3 is 2.69 bits per heavy atom. The van der Waals surface area contributed by atoms with Crippen molar-refractivity contribution in [1.29, 1.82) is 0 Å². The van der Waals surface area contributed by atoms with E-state index in [9.17, 15) is 13.2 Å². The van der Waals surface area contributed by atoms with Crippen LogP contribution in [0.2, 0.25) is 0 Å². The van der Waals surface area contributed by atoms with Crippen molar-refractivity contribution < 1.29 is 18.3 Å². The molecule has 0 saturated heterocycles. The Kier molecular flexibility index (Phi) is 2.42. The van der Waals surface area contributed by atoms with E-state index in [1.54, 1.807) is 6.92 Å². The van der Waals surface area contributed by atoms with E-state index in [-0.39, 0.29) is 23.8 Å². The van der Waals surface area contributed by atoms with Crippen LogP contribution in [-0.4, -0.2) is 35.2 Å². The summed E-state index contributed by atoms with van der Waals surface area (Å²) in [5.74, 6) is -1.53. The van der Waals surface area contributed by atoms with Crippen LogP contribution in [0.4, 0.5) is 0 Å². The number of aromatic carboxylic acids is 1. The summed E-state index contributed by atoms with van der Waals surface area (Å²) in [6.07, 6.45) is 0.265. The van der Waals surface area contributed by atoms with Gasteiger partial charge in [-0.05, 0) is 6.92 Å². The Morgan fingerprint density at radius 2 is 2.06 bits per heavy atom. The zero-order valence-electron chi connectivity index (χ0n) is 8.60. The molecule has 0 amide bonds. The first-order valence-corrected chi connectivity index (χ1v) is 6.51. The van der Waals surface area contributed by atoms with Gasteiger partial charge in [-0.15, -0.1) is 0 Å². The zero-order chi connectivity index (χ0) is 11.9. The Balaban J connectivity index is 2.56. The molecular weight excluding hydrogens is 232 g/mol. The highest BCUT2D eigenvalue weighted by atomic mass is 32.2. The molecule has 0 fully saturated rings. The fourth-order valence-electron chi connectivity index (χ4n) is 1.69. The van der Waals surface area contributed by atoms with Gasteiger partial charge in [0.2, 0.25) is 5.82 Å². The van der Waals surface area contributed by atoms with Gasteiger partial charge in [0.25, 0.3) is 0 Å². The average Bonchev–Trinajstić information content (AvgIpc) is 2.18. The topological polar surface area (TPSA) is 97.2 Å². The summed E-state index contributed by atoms with van der Waals surface area (Å²) in [4.78, 5) is 18.4. The number of rotatable bonds is 1. The molecule has 0 unspecified atom stereocenters. The number of aryl methyl sites for hydroxylation is 2. The largest absolute Gasteiger partial charge is 0.475 e. The number of sulfone groups is 1. The first-order valence-electron chi connectivity index (χ1n) is 4.69. The van der Waals surface area contributed by atoms with Crippen LogP contribution in [0.15, 0.2) is 0 Å². The second-order valence-electron chi connectivity index (χ2n) is 3.71. The molecule has 2 rings (SSSR count). The van der Waals surface area contributed by atoms with Gasteiger partial charge < -0.3 is 5.11 Å². The molecule has 0 bridgehead atoms. The molecule has 86 valence electrons. The first-order chi connectivity index (χ1) is 7.39. The molecule has 16 heavy (non-hydrogen) atoms. The minimum absolute atomic E-state index is 0.0233. The molecule has 1 aliphatic heterocycles. The van der Waals surface area contributed by atoms with E-state index in [0.717, 1.165) is 0 Å². The maximum Gasteiger partial charge on any atom is 0.373 e. The average molecular weight is 242 g/mol. The van der Waals surface area contributed by atoms with Gasteiger partial charge in [0.05, 0.1) is 17.2 Å². The van der Waals surface area contributed by atoms with Crippen LogP contribution in [-0.2, 0) is 22.0 Å². The van der Waals surface area contributed by atoms with Gasteiger partial charge in [-0.2, -0.15) is 0 Å². The first kappa shape index (κ1) is 11.0. The molecule has 1 aliphatic rings. The molecule has 2 heterocycles. The van der Waals surface area contributed by atoms with Crippen LogP contribution < -0.4 is 0 Å². The number of aromatic nitrogens is 2. The number of hydrogen-bond donors (Lipinski definition) is 1. The van der Waals surface area contributed by atoms with Gasteiger partial charge in [-0.1, -0.05) is 0 Å². The third-order valence-electron chi connectivity index (χ3n) is 2.50. The number of carbonyl (C=O) groups is 1. The lowest BCUT2D eigenvalue weighted by atomic mass is 10.1. The summed E-state index contributed by atoms with van der Waals surface area (Å²) in [6.45, 7) is 1.60. The second kappa shape index (κ2) is 3.51. The van der Waals surface area contributed by atoms with Gasteiger partial charge in [0, 0.05) is 17.7 Å². The van der Waals surface area contributed by atoms with Crippen molar-refractivity contribution in [3.05, 3.63) is 22.8 Å². The van der Waals surface area contributed by atoms with Crippen LogP contribution in [0.1, 0.15) is 27.6 Å². The third kappa shape index (κ3) is 1.90. The maximum atomic E-state index is 11.4. The lowest BCUT2D eigenvalue weighted by molar-refractivity contribution is 0.0682. The highest BCUT2D eigenvalue weighted by Gasteiger charge is 2.26. The summed E-state index contributed by atoms with van der Waals surface area (Å²) < 4.78 is 22.8. The van der Waals surface area contributed by atoms with Gasteiger partial charge in [-0.25, -0.2) is 23.2 Å². The molecule has 1 aromatic heterocycles. The van der Waals surface area contributed by atoms with Crippen LogP contribution in [0.25, 0.3) is 0 Å². The van der Waals surface area contributed by atoms with Gasteiger partial charge in [-0.3, -0.25) is 0 Å². The molecule has 0 atom stereocenters. The highest BCUT2D eigenvalue weighted by Crippen LogP contribution is 2.21. The van der Waals surface area contributed by atoms with Crippen molar-refractivity contribution >= 4 is 15.8 Å². The van der Waals surface area contributed by atoms with E-state index in [2.05, 4.69) is 9.97 Å². The van der Waals surface area contributed by atoms with Crippen molar-refractivity contribution in [2.45, 2.75) is 19.1 Å². The van der Waals surface area contributed by atoms with Gasteiger partial charge in [0.1, 0.15) is 0 Å². The molecule has 6 nitrogen and oxygen atoms in total. The summed E-state index contributed by atoms with van der Waals surface area (Å²) >= 11 is 0. The standard InChI is InChI=1S/C9H10N2O4S/c1-5-6-4-16(14,15)3-2-7(6)11-8(10-5)9(12)13/h2-4H2,1H3,(H,12,13). The predicted molar refractivity (Wildman–Crippen MR) is 54.9 cm³/mol. The fourth-order valence-corrected chi connectivity index (χ4v) is 3.15. The van der Waals surface area contributed by atoms with Crippen LogP contribution >= 0.6 is 0 Å². The predicted octanol–water partition coefficient (Wildman–Crippen LogP) is -0.0459. The summed E-state index contributed by atoms with van der Waals surface area (Å²) in [6, 6.07) is 0. The lowest BCUT2D eigenvalue weighted by Gasteiger charge is -2.17. The SMILES string of the molecule is Cc1nc(C(=O)O)nc2c1CS(=O)(=O)CC2. The number of hydrogen-bond acceptors (Lipinski definition) is 5. The number of carboxylic acid groups (broad SMARTS) is 1. The zero-order valence-corrected chi connectivity index (χ0v) is 9.41. The summed E-state index contributed by atoms with van der Waals surface area (Å²) in [7, 11) is -3.08. The van der Waals surface area contributed by atoms with E-state index < -0.39 is 15.8 Å². The van der Waals surface area contributed by atoms with Crippen LogP contribution in [0, 0.1) is 6.92 Å². The van der Waals surface area contributed by atoms with Crippen molar-refractivity contribution in [3.8, 4) is 0 Å². The monoisotopic (exact) mass is 242 g/mol. The van der Waals surface area contributed by atoms with Crippen molar-refractivity contribution in [2.24, 2.45) is 0 Å². The lowest BCUT2D eigenvalue weighted by Crippen LogP contribution is -2.23. The number of carboxylic acids is 1. The van der Waals surface area contributed by atoms with E-state index in [0.29, 0.717) is 17.0 Å². The minimum Gasteiger partial charge on any atom is -0.475 e. The number of fused-ring (bicyclic) bond motifs is 1. The maximum absolute atomic E-state index is 11.4. The summed E-state index contributed by atoms with van der Waals surface area (Å²) in [5.41, 5.74) is 1.53.